The van der Waals surface area contributed by atoms with E-state index in [2.05, 4.69) is 34.6 Å². The number of carbonyl (C=O) groups excluding carboxylic acids is 3. The number of fused-ring (bicyclic) bond motifs is 2. The Morgan fingerprint density at radius 1 is 1.03 bits per heavy atom. The summed E-state index contributed by atoms with van der Waals surface area (Å²) in [5.41, 5.74) is 1.78. The Kier molecular flexibility index (Phi) is 5.11. The first-order valence-electron chi connectivity index (χ1n) is 10.3. The SMILES string of the molecule is O=C(CCN1C(=O)[C@H]2CC=CC[C@@H]2C1=O)Nc1nc(-c2ccc3ccccc3c2)cs1. The molecule has 1 saturated heterocycles. The van der Waals surface area contributed by atoms with Crippen molar-refractivity contribution in [3.63, 3.8) is 0 Å². The number of aromatic nitrogens is 1. The van der Waals surface area contributed by atoms with E-state index in [4.69, 9.17) is 0 Å². The van der Waals surface area contributed by atoms with Crippen LogP contribution in [0, 0.1) is 11.8 Å². The van der Waals surface area contributed by atoms with E-state index in [-0.39, 0.29) is 42.5 Å². The highest BCUT2D eigenvalue weighted by molar-refractivity contribution is 7.14. The third kappa shape index (κ3) is 3.77. The molecule has 3 amide bonds. The van der Waals surface area contributed by atoms with Crippen molar-refractivity contribution in [2.75, 3.05) is 11.9 Å². The maximum absolute atomic E-state index is 12.5. The second-order valence-corrected chi connectivity index (χ2v) is 8.74. The molecule has 5 rings (SSSR count). The fraction of sp³-hybridized carbons (Fsp3) is 0.250. The summed E-state index contributed by atoms with van der Waals surface area (Å²) >= 11 is 1.35. The number of hydrogen-bond acceptors (Lipinski definition) is 5. The summed E-state index contributed by atoms with van der Waals surface area (Å²) in [6.45, 7) is 0.111. The van der Waals surface area contributed by atoms with Gasteiger partial charge in [0.2, 0.25) is 17.7 Å². The predicted octanol–water partition coefficient (Wildman–Crippen LogP) is 4.24. The first kappa shape index (κ1) is 19.6. The highest BCUT2D eigenvalue weighted by atomic mass is 32.1. The quantitative estimate of drug-likeness (QED) is 0.484. The standard InChI is InChI=1S/C24H21N3O3S/c28-21(11-12-27-22(29)18-7-3-4-8-19(18)23(27)30)26-24-25-20(14-31-24)17-10-9-15-5-1-2-6-16(15)13-17/h1-6,9-10,13-14,18-19H,7-8,11-12H2,(H,25,26,28)/t18-,19-/m0/s1. The number of nitrogens with one attached hydrogen (secondary N) is 1. The number of carbonyl (C=O) groups is 3. The third-order valence-electron chi connectivity index (χ3n) is 5.96. The van der Waals surface area contributed by atoms with Gasteiger partial charge in [-0.15, -0.1) is 11.3 Å². The van der Waals surface area contributed by atoms with Crippen LogP contribution >= 0.6 is 11.3 Å². The number of amides is 3. The third-order valence-corrected chi connectivity index (χ3v) is 6.71. The van der Waals surface area contributed by atoms with Crippen LogP contribution in [0.5, 0.6) is 0 Å². The van der Waals surface area contributed by atoms with Gasteiger partial charge in [0.25, 0.3) is 0 Å². The van der Waals surface area contributed by atoms with Crippen LogP contribution in [-0.2, 0) is 14.4 Å². The molecule has 7 heteroatoms. The summed E-state index contributed by atoms with van der Waals surface area (Å²) in [5, 5.41) is 7.50. The van der Waals surface area contributed by atoms with Crippen molar-refractivity contribution >= 4 is 45.0 Å². The Bertz CT molecular complexity index is 1190. The number of anilines is 1. The van der Waals surface area contributed by atoms with Gasteiger partial charge in [0.1, 0.15) is 0 Å². The molecular formula is C24H21N3O3S. The molecule has 1 aliphatic heterocycles. The Hall–Kier alpha value is -3.32. The van der Waals surface area contributed by atoms with Crippen molar-refractivity contribution in [2.45, 2.75) is 19.3 Å². The lowest BCUT2D eigenvalue weighted by Crippen LogP contribution is -2.34. The highest BCUT2D eigenvalue weighted by Crippen LogP contribution is 2.35. The molecule has 3 aromatic rings. The van der Waals surface area contributed by atoms with E-state index < -0.39 is 0 Å². The van der Waals surface area contributed by atoms with E-state index in [9.17, 15) is 14.4 Å². The fourth-order valence-electron chi connectivity index (χ4n) is 4.30. The van der Waals surface area contributed by atoms with Gasteiger partial charge < -0.3 is 5.32 Å². The Labute approximate surface area is 183 Å². The number of rotatable bonds is 5. The van der Waals surface area contributed by atoms with Crippen LogP contribution in [0.2, 0.25) is 0 Å². The van der Waals surface area contributed by atoms with Crippen molar-refractivity contribution in [1.82, 2.24) is 9.88 Å². The molecule has 2 aliphatic rings. The molecule has 2 atom stereocenters. The minimum atomic E-state index is -0.260. The monoisotopic (exact) mass is 431 g/mol. The summed E-state index contributed by atoms with van der Waals surface area (Å²) in [5.74, 6) is -1.08. The van der Waals surface area contributed by atoms with E-state index in [1.165, 1.54) is 16.2 Å². The normalized spacial score (nSPS) is 20.3. The lowest BCUT2D eigenvalue weighted by molar-refractivity contribution is -0.140. The van der Waals surface area contributed by atoms with Crippen LogP contribution in [-0.4, -0.2) is 34.2 Å². The second kappa shape index (κ2) is 8.07. The van der Waals surface area contributed by atoms with Crippen LogP contribution in [0.3, 0.4) is 0 Å². The zero-order valence-corrected chi connectivity index (χ0v) is 17.6. The number of allylic oxidation sites excluding steroid dienone is 2. The van der Waals surface area contributed by atoms with Crippen LogP contribution in [0.15, 0.2) is 60.0 Å². The van der Waals surface area contributed by atoms with Gasteiger partial charge in [0.05, 0.1) is 17.5 Å². The molecule has 156 valence electrons. The minimum Gasteiger partial charge on any atom is -0.302 e. The summed E-state index contributed by atoms with van der Waals surface area (Å²) in [6.07, 6.45) is 5.19. The lowest BCUT2D eigenvalue weighted by atomic mass is 9.85. The van der Waals surface area contributed by atoms with E-state index in [1.54, 1.807) is 0 Å². The highest BCUT2D eigenvalue weighted by Gasteiger charge is 2.46. The molecule has 0 spiro atoms. The van der Waals surface area contributed by atoms with E-state index in [0.29, 0.717) is 18.0 Å². The van der Waals surface area contributed by atoms with Crippen LogP contribution in [0.1, 0.15) is 19.3 Å². The van der Waals surface area contributed by atoms with Crippen LogP contribution in [0.4, 0.5) is 5.13 Å². The minimum absolute atomic E-state index is 0.0647. The number of nitrogens with zero attached hydrogens (tertiary/aromatic N) is 2. The van der Waals surface area contributed by atoms with Crippen LogP contribution < -0.4 is 5.32 Å². The number of likely N-dealkylation sites (tertiary alicyclic amines) is 1. The number of imide groups is 1. The van der Waals surface area contributed by atoms with Gasteiger partial charge in [-0.2, -0.15) is 0 Å². The number of benzene rings is 2. The summed E-state index contributed by atoms with van der Waals surface area (Å²) < 4.78 is 0. The molecule has 1 N–H and O–H groups in total. The van der Waals surface area contributed by atoms with Gasteiger partial charge in [0.15, 0.2) is 5.13 Å². The Morgan fingerprint density at radius 3 is 2.48 bits per heavy atom. The first-order chi connectivity index (χ1) is 15.1. The smallest absolute Gasteiger partial charge is 0.233 e. The van der Waals surface area contributed by atoms with E-state index >= 15 is 0 Å². The molecule has 6 nitrogen and oxygen atoms in total. The predicted molar refractivity (Wildman–Crippen MR) is 120 cm³/mol. The van der Waals surface area contributed by atoms with Gasteiger partial charge in [-0.05, 0) is 29.7 Å². The molecule has 2 aromatic carbocycles. The lowest BCUT2D eigenvalue weighted by Gasteiger charge is -2.14. The van der Waals surface area contributed by atoms with Crippen LogP contribution in [0.25, 0.3) is 22.0 Å². The van der Waals surface area contributed by atoms with Crippen molar-refractivity contribution in [1.29, 1.82) is 0 Å². The number of hydrogen-bond donors (Lipinski definition) is 1. The zero-order chi connectivity index (χ0) is 21.4. The van der Waals surface area contributed by atoms with Gasteiger partial charge in [-0.25, -0.2) is 4.98 Å². The van der Waals surface area contributed by atoms with Crippen molar-refractivity contribution in [3.8, 4) is 11.3 Å². The number of thiazole rings is 1. The molecule has 31 heavy (non-hydrogen) atoms. The molecule has 0 bridgehead atoms. The van der Waals surface area contributed by atoms with Gasteiger partial charge in [-0.3, -0.25) is 19.3 Å². The van der Waals surface area contributed by atoms with Crippen molar-refractivity contribution < 1.29 is 14.4 Å². The maximum atomic E-state index is 12.5. The summed E-state index contributed by atoms with van der Waals surface area (Å²) in [4.78, 5) is 43.2. The van der Waals surface area contributed by atoms with E-state index in [1.807, 2.05) is 35.7 Å². The Balaban J connectivity index is 1.21. The molecule has 1 fully saturated rings. The zero-order valence-electron chi connectivity index (χ0n) is 16.8. The molecule has 1 aliphatic carbocycles. The summed E-state index contributed by atoms with van der Waals surface area (Å²) in [6, 6.07) is 14.3. The molecule has 0 saturated carbocycles. The second-order valence-electron chi connectivity index (χ2n) is 7.88. The topological polar surface area (TPSA) is 79.4 Å². The molecule has 2 heterocycles. The molecule has 0 radical (unpaired) electrons. The molecule has 0 unspecified atom stereocenters. The largest absolute Gasteiger partial charge is 0.302 e. The average Bonchev–Trinajstić information content (AvgIpc) is 3.35. The van der Waals surface area contributed by atoms with Gasteiger partial charge >= 0.3 is 0 Å². The van der Waals surface area contributed by atoms with E-state index in [0.717, 1.165) is 22.0 Å². The average molecular weight is 432 g/mol. The van der Waals surface area contributed by atoms with Crippen molar-refractivity contribution in [3.05, 3.63) is 60.0 Å². The molecular weight excluding hydrogens is 410 g/mol. The fourth-order valence-corrected chi connectivity index (χ4v) is 5.03. The van der Waals surface area contributed by atoms with Crippen molar-refractivity contribution in [2.24, 2.45) is 11.8 Å². The molecule has 1 aromatic heterocycles. The summed E-state index contributed by atoms with van der Waals surface area (Å²) in [7, 11) is 0. The Morgan fingerprint density at radius 2 is 1.74 bits per heavy atom. The first-order valence-corrected chi connectivity index (χ1v) is 11.2. The van der Waals surface area contributed by atoms with Gasteiger partial charge in [-0.1, -0.05) is 48.6 Å². The maximum Gasteiger partial charge on any atom is 0.233 e. The van der Waals surface area contributed by atoms with Gasteiger partial charge in [0, 0.05) is 23.9 Å².